The summed E-state index contributed by atoms with van der Waals surface area (Å²) in [5, 5.41) is 37.7. The maximum absolute atomic E-state index is 11.6. The zero-order valence-electron chi connectivity index (χ0n) is 32.2. The SMILES string of the molecule is O=C(/C=C/c1ccccc1)/C=C/c1ccccc1.Oc1ccc2c(c1)OC1(CC2c2ccccc2)CC(c2ccccc2)c2ccc(O)cc2O1.Oc1cccc(O)c1. The first-order chi connectivity index (χ1) is 28.7. The molecule has 0 aromatic heterocycles. The lowest BCUT2D eigenvalue weighted by Crippen LogP contribution is -2.50. The van der Waals surface area contributed by atoms with Crippen LogP contribution in [-0.2, 0) is 4.79 Å². The number of phenols is 4. The van der Waals surface area contributed by atoms with Crippen LogP contribution >= 0.6 is 0 Å². The normalized spacial score (nSPS) is 17.6. The predicted molar refractivity (Wildman–Crippen MR) is 232 cm³/mol. The molecule has 294 valence electrons. The van der Waals surface area contributed by atoms with Gasteiger partial charge in [-0.1, -0.05) is 152 Å². The minimum Gasteiger partial charge on any atom is -0.508 e. The molecule has 4 N–H and O–H groups in total. The van der Waals surface area contributed by atoms with Crippen LogP contribution in [0.25, 0.3) is 12.2 Å². The van der Waals surface area contributed by atoms with Crippen molar-refractivity contribution in [3.05, 3.63) is 228 Å². The number of hydrogen-bond acceptors (Lipinski definition) is 7. The smallest absolute Gasteiger partial charge is 0.253 e. The molecule has 2 aliphatic rings. The zero-order chi connectivity index (χ0) is 41.0. The summed E-state index contributed by atoms with van der Waals surface area (Å²) in [7, 11) is 0. The Hall–Kier alpha value is -7.51. The summed E-state index contributed by atoms with van der Waals surface area (Å²) in [4.78, 5) is 11.6. The van der Waals surface area contributed by atoms with Gasteiger partial charge >= 0.3 is 0 Å². The van der Waals surface area contributed by atoms with Gasteiger partial charge in [0.2, 0.25) is 0 Å². The molecule has 7 aromatic carbocycles. The van der Waals surface area contributed by atoms with Gasteiger partial charge < -0.3 is 29.9 Å². The van der Waals surface area contributed by atoms with Crippen LogP contribution in [0.5, 0.6) is 34.5 Å². The third-order valence-electron chi connectivity index (χ3n) is 10.1. The molecule has 0 amide bonds. The van der Waals surface area contributed by atoms with Gasteiger partial charge in [-0.25, -0.2) is 0 Å². The summed E-state index contributed by atoms with van der Waals surface area (Å²) in [5.74, 6) is 0.894. The van der Waals surface area contributed by atoms with Gasteiger partial charge in [-0.15, -0.1) is 0 Å². The zero-order valence-corrected chi connectivity index (χ0v) is 32.2. The first kappa shape index (κ1) is 39.7. The van der Waals surface area contributed by atoms with Crippen LogP contribution in [0.3, 0.4) is 0 Å². The van der Waals surface area contributed by atoms with E-state index in [0.717, 1.165) is 22.3 Å². The molecule has 2 heterocycles. The Labute approximate surface area is 344 Å². The lowest BCUT2D eigenvalue weighted by Gasteiger charge is -2.47. The Morgan fingerprint density at radius 2 is 0.831 bits per heavy atom. The highest BCUT2D eigenvalue weighted by Gasteiger charge is 2.49. The highest BCUT2D eigenvalue weighted by molar-refractivity contribution is 6.04. The second-order valence-electron chi connectivity index (χ2n) is 14.3. The number of aromatic hydroxyl groups is 4. The fraction of sp³-hybridized carbons (Fsp3) is 0.0962. The largest absolute Gasteiger partial charge is 0.508 e. The first-order valence-corrected chi connectivity index (χ1v) is 19.4. The highest BCUT2D eigenvalue weighted by Crippen LogP contribution is 2.53. The van der Waals surface area contributed by atoms with Crippen molar-refractivity contribution in [1.82, 2.24) is 0 Å². The van der Waals surface area contributed by atoms with Crippen molar-refractivity contribution in [2.45, 2.75) is 30.5 Å². The van der Waals surface area contributed by atoms with Gasteiger partial charge in [0.25, 0.3) is 5.79 Å². The molecular weight excluding hydrogens is 737 g/mol. The Morgan fingerprint density at radius 1 is 0.458 bits per heavy atom. The van der Waals surface area contributed by atoms with Gasteiger partial charge in [0.15, 0.2) is 5.78 Å². The number of rotatable bonds is 6. The molecule has 0 saturated heterocycles. The van der Waals surface area contributed by atoms with E-state index in [1.807, 2.05) is 121 Å². The molecule has 2 unspecified atom stereocenters. The van der Waals surface area contributed by atoms with E-state index in [9.17, 15) is 15.0 Å². The maximum atomic E-state index is 11.6. The summed E-state index contributed by atoms with van der Waals surface area (Å²) in [6.07, 6.45) is 8.03. The molecule has 0 radical (unpaired) electrons. The Kier molecular flexibility index (Phi) is 12.5. The summed E-state index contributed by atoms with van der Waals surface area (Å²) >= 11 is 0. The molecule has 9 rings (SSSR count). The lowest BCUT2D eigenvalue weighted by atomic mass is 9.76. The van der Waals surface area contributed by atoms with E-state index in [-0.39, 0.29) is 40.6 Å². The van der Waals surface area contributed by atoms with E-state index in [0.29, 0.717) is 24.3 Å². The number of carbonyl (C=O) groups is 1. The third kappa shape index (κ3) is 10.5. The van der Waals surface area contributed by atoms with Crippen molar-refractivity contribution in [3.8, 4) is 34.5 Å². The number of benzene rings is 7. The molecule has 2 aliphatic heterocycles. The molecule has 59 heavy (non-hydrogen) atoms. The van der Waals surface area contributed by atoms with Crippen LogP contribution in [-0.4, -0.2) is 32.0 Å². The minimum atomic E-state index is -0.942. The second kappa shape index (κ2) is 18.6. The van der Waals surface area contributed by atoms with Crippen molar-refractivity contribution in [1.29, 1.82) is 0 Å². The molecule has 2 atom stereocenters. The number of fused-ring (bicyclic) bond motifs is 2. The van der Waals surface area contributed by atoms with Crippen LogP contribution in [0, 0.1) is 0 Å². The van der Waals surface area contributed by atoms with Gasteiger partial charge in [-0.2, -0.15) is 0 Å². The fourth-order valence-electron chi connectivity index (χ4n) is 7.31. The molecular formula is C52H44O7. The maximum Gasteiger partial charge on any atom is 0.253 e. The first-order valence-electron chi connectivity index (χ1n) is 19.4. The standard InChI is InChI=1S/C29H24O4.C17H14O.C6H6O2/c30-21-11-13-23-25(19-7-3-1-4-8-19)17-29(32-27(23)15-21)18-26(20-9-5-2-6-10-20)24-14-12-22(31)16-28(24)33-29;18-17(13-11-15-7-3-1-4-8-15)14-12-16-9-5-2-6-10-16;7-5-2-1-3-6(8)4-5/h1-16,25-26,30-31H,17-18H2;1-14H;1-4,7-8H/b;13-11+,14-12+;. The Bertz CT molecular complexity index is 2340. The minimum absolute atomic E-state index is 0.0114. The molecule has 7 heteroatoms. The van der Waals surface area contributed by atoms with Crippen molar-refractivity contribution in [2.75, 3.05) is 0 Å². The van der Waals surface area contributed by atoms with E-state index in [1.54, 1.807) is 42.5 Å². The van der Waals surface area contributed by atoms with Crippen LogP contribution in [0.2, 0.25) is 0 Å². The van der Waals surface area contributed by atoms with E-state index >= 15 is 0 Å². The fourth-order valence-corrected chi connectivity index (χ4v) is 7.31. The summed E-state index contributed by atoms with van der Waals surface area (Å²) < 4.78 is 13.2. The number of carbonyl (C=O) groups excluding carboxylic acids is 1. The van der Waals surface area contributed by atoms with Crippen LogP contribution < -0.4 is 9.47 Å². The van der Waals surface area contributed by atoms with E-state index in [1.165, 1.54) is 29.3 Å². The topological polar surface area (TPSA) is 116 Å². The Morgan fingerprint density at radius 3 is 1.20 bits per heavy atom. The second-order valence-corrected chi connectivity index (χ2v) is 14.3. The van der Waals surface area contributed by atoms with E-state index in [2.05, 4.69) is 24.3 Å². The molecule has 1 spiro atoms. The van der Waals surface area contributed by atoms with Crippen molar-refractivity contribution < 1.29 is 34.7 Å². The molecule has 0 saturated carbocycles. The van der Waals surface area contributed by atoms with Crippen LogP contribution in [0.1, 0.15) is 58.1 Å². The van der Waals surface area contributed by atoms with Crippen molar-refractivity contribution >= 4 is 17.9 Å². The molecule has 7 aromatic rings. The highest BCUT2D eigenvalue weighted by atomic mass is 16.7. The Balaban J connectivity index is 0.000000169. The number of ketones is 1. The van der Waals surface area contributed by atoms with Crippen LogP contribution in [0.4, 0.5) is 0 Å². The number of ether oxygens (including phenoxy) is 2. The van der Waals surface area contributed by atoms with Gasteiger partial charge in [0.1, 0.15) is 34.5 Å². The van der Waals surface area contributed by atoms with Gasteiger partial charge in [0, 0.05) is 54.0 Å². The number of phenolic OH excluding ortho intramolecular Hbond substituents is 4. The molecule has 0 bridgehead atoms. The molecule has 0 fully saturated rings. The van der Waals surface area contributed by atoms with Crippen molar-refractivity contribution in [2.24, 2.45) is 0 Å². The quantitative estimate of drug-likeness (QED) is 0.124. The summed E-state index contributed by atoms with van der Waals surface area (Å²) in [5.41, 5.74) is 6.47. The number of allylic oxidation sites excluding steroid dienone is 2. The predicted octanol–water partition coefficient (Wildman–Crippen LogP) is 11.4. The van der Waals surface area contributed by atoms with E-state index in [4.69, 9.17) is 19.7 Å². The number of hydrogen-bond donors (Lipinski definition) is 4. The van der Waals surface area contributed by atoms with Crippen molar-refractivity contribution in [3.63, 3.8) is 0 Å². The van der Waals surface area contributed by atoms with Crippen LogP contribution in [0.15, 0.2) is 194 Å². The average Bonchev–Trinajstić information content (AvgIpc) is 3.26. The van der Waals surface area contributed by atoms with Gasteiger partial charge in [-0.3, -0.25) is 4.79 Å². The third-order valence-corrected chi connectivity index (χ3v) is 10.1. The monoisotopic (exact) mass is 780 g/mol. The van der Waals surface area contributed by atoms with Gasteiger partial charge in [0.05, 0.1) is 0 Å². The summed E-state index contributed by atoms with van der Waals surface area (Å²) in [6.45, 7) is 0. The molecule has 0 aliphatic carbocycles. The summed E-state index contributed by atoms with van der Waals surface area (Å²) in [6, 6.07) is 56.7. The average molecular weight is 781 g/mol. The van der Waals surface area contributed by atoms with E-state index < -0.39 is 5.79 Å². The lowest BCUT2D eigenvalue weighted by molar-refractivity contribution is -0.146. The molecule has 7 nitrogen and oxygen atoms in total. The van der Waals surface area contributed by atoms with Gasteiger partial charge in [-0.05, 0) is 58.7 Å².